The standard InChI is InChI=1S/C9H13ClN2O/c1-3-11-9-5-4-7(10)8(12-9)6-13-2/h4-5H,3,6H2,1-2H3,(H,11,12). The minimum Gasteiger partial charge on any atom is -0.378 e. The number of nitrogens with one attached hydrogen (secondary N) is 1. The molecule has 0 radical (unpaired) electrons. The van der Waals surface area contributed by atoms with Crippen LogP contribution in [0.25, 0.3) is 0 Å². The van der Waals surface area contributed by atoms with Gasteiger partial charge in [0.25, 0.3) is 0 Å². The number of ether oxygens (including phenoxy) is 1. The molecule has 1 aromatic heterocycles. The van der Waals surface area contributed by atoms with Gasteiger partial charge in [0.1, 0.15) is 5.82 Å². The lowest BCUT2D eigenvalue weighted by Gasteiger charge is -2.06. The van der Waals surface area contributed by atoms with Crippen LogP contribution in [0.2, 0.25) is 5.02 Å². The van der Waals surface area contributed by atoms with E-state index in [4.69, 9.17) is 16.3 Å². The van der Waals surface area contributed by atoms with E-state index in [-0.39, 0.29) is 0 Å². The zero-order valence-corrected chi connectivity index (χ0v) is 8.56. The molecule has 0 amide bonds. The summed E-state index contributed by atoms with van der Waals surface area (Å²) in [5.74, 6) is 0.832. The summed E-state index contributed by atoms with van der Waals surface area (Å²) in [6.07, 6.45) is 0. The Bertz CT molecular complexity index is 278. The van der Waals surface area contributed by atoms with Gasteiger partial charge in [-0.05, 0) is 19.1 Å². The van der Waals surface area contributed by atoms with Gasteiger partial charge in [-0.3, -0.25) is 0 Å². The Morgan fingerprint density at radius 3 is 2.92 bits per heavy atom. The van der Waals surface area contributed by atoms with Crippen LogP contribution in [-0.4, -0.2) is 18.6 Å². The second-order valence-corrected chi connectivity index (χ2v) is 3.00. The first-order valence-corrected chi connectivity index (χ1v) is 4.54. The third-order valence-corrected chi connectivity index (χ3v) is 1.90. The van der Waals surface area contributed by atoms with E-state index in [0.717, 1.165) is 18.1 Å². The molecule has 1 rings (SSSR count). The molecule has 0 aliphatic heterocycles. The smallest absolute Gasteiger partial charge is 0.126 e. The van der Waals surface area contributed by atoms with Gasteiger partial charge in [0, 0.05) is 13.7 Å². The van der Waals surface area contributed by atoms with Crippen LogP contribution < -0.4 is 5.32 Å². The molecule has 0 fully saturated rings. The molecule has 1 aromatic rings. The van der Waals surface area contributed by atoms with E-state index in [1.807, 2.05) is 19.1 Å². The van der Waals surface area contributed by atoms with Crippen molar-refractivity contribution >= 4 is 17.4 Å². The van der Waals surface area contributed by atoms with Gasteiger partial charge in [-0.15, -0.1) is 0 Å². The van der Waals surface area contributed by atoms with E-state index < -0.39 is 0 Å². The first kappa shape index (κ1) is 10.3. The summed E-state index contributed by atoms with van der Waals surface area (Å²) in [6.45, 7) is 3.31. The van der Waals surface area contributed by atoms with Crippen molar-refractivity contribution in [2.75, 3.05) is 19.0 Å². The molecule has 0 aliphatic carbocycles. The third-order valence-electron chi connectivity index (χ3n) is 1.56. The van der Waals surface area contributed by atoms with Gasteiger partial charge < -0.3 is 10.1 Å². The van der Waals surface area contributed by atoms with Gasteiger partial charge in [0.2, 0.25) is 0 Å². The van der Waals surface area contributed by atoms with Crippen LogP contribution in [-0.2, 0) is 11.3 Å². The van der Waals surface area contributed by atoms with Crippen molar-refractivity contribution < 1.29 is 4.74 Å². The van der Waals surface area contributed by atoms with Gasteiger partial charge in [-0.1, -0.05) is 11.6 Å². The molecule has 1 N–H and O–H groups in total. The number of rotatable bonds is 4. The summed E-state index contributed by atoms with van der Waals surface area (Å²) in [4.78, 5) is 4.28. The first-order valence-electron chi connectivity index (χ1n) is 4.16. The minimum atomic E-state index is 0.443. The molecular weight excluding hydrogens is 188 g/mol. The first-order chi connectivity index (χ1) is 6.27. The number of aromatic nitrogens is 1. The highest BCUT2D eigenvalue weighted by Gasteiger charge is 2.02. The minimum absolute atomic E-state index is 0.443. The van der Waals surface area contributed by atoms with Crippen molar-refractivity contribution in [2.45, 2.75) is 13.5 Å². The Morgan fingerprint density at radius 2 is 2.31 bits per heavy atom. The van der Waals surface area contributed by atoms with E-state index in [1.165, 1.54) is 0 Å². The summed E-state index contributed by atoms with van der Waals surface area (Å²) < 4.78 is 4.97. The molecule has 0 atom stereocenters. The lowest BCUT2D eigenvalue weighted by Crippen LogP contribution is -2.02. The molecule has 13 heavy (non-hydrogen) atoms. The number of anilines is 1. The topological polar surface area (TPSA) is 34.1 Å². The Labute approximate surface area is 83.1 Å². The molecule has 0 aromatic carbocycles. The van der Waals surface area contributed by atoms with Crippen LogP contribution in [0.1, 0.15) is 12.6 Å². The Morgan fingerprint density at radius 1 is 1.54 bits per heavy atom. The highest BCUT2D eigenvalue weighted by molar-refractivity contribution is 6.31. The molecule has 3 nitrogen and oxygen atoms in total. The van der Waals surface area contributed by atoms with E-state index in [0.29, 0.717) is 11.6 Å². The number of hydrogen-bond acceptors (Lipinski definition) is 3. The fraction of sp³-hybridized carbons (Fsp3) is 0.444. The average molecular weight is 201 g/mol. The SMILES string of the molecule is CCNc1ccc(Cl)c(COC)n1. The van der Waals surface area contributed by atoms with Crippen LogP contribution in [0.3, 0.4) is 0 Å². The second-order valence-electron chi connectivity index (χ2n) is 2.59. The van der Waals surface area contributed by atoms with Gasteiger partial charge in [0.15, 0.2) is 0 Å². The number of methoxy groups -OCH3 is 1. The van der Waals surface area contributed by atoms with Crippen molar-refractivity contribution in [1.82, 2.24) is 4.98 Å². The van der Waals surface area contributed by atoms with E-state index in [2.05, 4.69) is 10.3 Å². The number of hydrogen-bond donors (Lipinski definition) is 1. The molecule has 0 bridgehead atoms. The highest BCUT2D eigenvalue weighted by atomic mass is 35.5. The molecule has 72 valence electrons. The van der Waals surface area contributed by atoms with E-state index in [1.54, 1.807) is 7.11 Å². The Kier molecular flexibility index (Phi) is 3.99. The summed E-state index contributed by atoms with van der Waals surface area (Å²) in [7, 11) is 1.62. The largest absolute Gasteiger partial charge is 0.378 e. The number of halogens is 1. The maximum Gasteiger partial charge on any atom is 0.126 e. The molecule has 0 spiro atoms. The van der Waals surface area contributed by atoms with Gasteiger partial charge in [-0.2, -0.15) is 0 Å². The van der Waals surface area contributed by atoms with Crippen molar-refractivity contribution in [3.8, 4) is 0 Å². The van der Waals surface area contributed by atoms with Gasteiger partial charge >= 0.3 is 0 Å². The summed E-state index contributed by atoms with van der Waals surface area (Å²) >= 11 is 5.90. The van der Waals surface area contributed by atoms with Crippen LogP contribution in [0.4, 0.5) is 5.82 Å². The molecule has 0 aliphatic rings. The average Bonchev–Trinajstić information content (AvgIpc) is 2.12. The maximum atomic E-state index is 5.90. The van der Waals surface area contributed by atoms with Crippen molar-refractivity contribution in [3.63, 3.8) is 0 Å². The summed E-state index contributed by atoms with van der Waals surface area (Å²) in [6, 6.07) is 3.67. The van der Waals surface area contributed by atoms with E-state index >= 15 is 0 Å². The van der Waals surface area contributed by atoms with Crippen LogP contribution in [0.15, 0.2) is 12.1 Å². The number of nitrogens with zero attached hydrogens (tertiary/aromatic N) is 1. The maximum absolute atomic E-state index is 5.90. The lowest BCUT2D eigenvalue weighted by molar-refractivity contribution is 0.181. The lowest BCUT2D eigenvalue weighted by atomic mass is 10.3. The van der Waals surface area contributed by atoms with E-state index in [9.17, 15) is 0 Å². The summed E-state index contributed by atoms with van der Waals surface area (Å²) in [5.41, 5.74) is 0.766. The number of pyridine rings is 1. The molecule has 1 heterocycles. The Balaban J connectivity index is 2.83. The third kappa shape index (κ3) is 2.86. The monoisotopic (exact) mass is 200 g/mol. The van der Waals surface area contributed by atoms with Gasteiger partial charge in [-0.25, -0.2) is 4.98 Å². The van der Waals surface area contributed by atoms with Crippen LogP contribution in [0, 0.1) is 0 Å². The van der Waals surface area contributed by atoms with Crippen molar-refractivity contribution in [2.24, 2.45) is 0 Å². The molecule has 0 saturated carbocycles. The van der Waals surface area contributed by atoms with Crippen LogP contribution in [0.5, 0.6) is 0 Å². The predicted octanol–water partition coefficient (Wildman–Crippen LogP) is 2.31. The zero-order chi connectivity index (χ0) is 9.68. The van der Waals surface area contributed by atoms with Gasteiger partial charge in [0.05, 0.1) is 17.3 Å². The molecular formula is C9H13ClN2O. The van der Waals surface area contributed by atoms with Crippen molar-refractivity contribution in [1.29, 1.82) is 0 Å². The summed E-state index contributed by atoms with van der Waals surface area (Å²) in [5, 5.41) is 3.75. The van der Waals surface area contributed by atoms with Crippen LogP contribution >= 0.6 is 11.6 Å². The normalized spacial score (nSPS) is 10.1. The zero-order valence-electron chi connectivity index (χ0n) is 7.80. The fourth-order valence-corrected chi connectivity index (χ4v) is 1.16. The quantitative estimate of drug-likeness (QED) is 0.810. The second kappa shape index (κ2) is 5.04. The van der Waals surface area contributed by atoms with Crippen molar-refractivity contribution in [3.05, 3.63) is 22.8 Å². The fourth-order valence-electron chi connectivity index (χ4n) is 1.00. The predicted molar refractivity (Wildman–Crippen MR) is 54.1 cm³/mol. The Hall–Kier alpha value is -0.800. The molecule has 4 heteroatoms. The molecule has 0 unspecified atom stereocenters. The molecule has 0 saturated heterocycles. The highest BCUT2D eigenvalue weighted by Crippen LogP contribution is 2.16.